The van der Waals surface area contributed by atoms with Crippen LogP contribution in [-0.4, -0.2) is 28.5 Å². The highest BCUT2D eigenvalue weighted by Gasteiger charge is 2.21. The number of fused-ring (bicyclic) bond motifs is 1. The summed E-state index contributed by atoms with van der Waals surface area (Å²) in [4.78, 5) is 16.7. The minimum atomic E-state index is 0.134. The maximum Gasteiger partial charge on any atom is 0.221 e. The molecule has 5 heteroatoms. The number of nitrogens with zero attached hydrogens (tertiary/aromatic N) is 2. The third kappa shape index (κ3) is 4.06. The van der Waals surface area contributed by atoms with E-state index in [9.17, 15) is 4.79 Å². The smallest absolute Gasteiger partial charge is 0.221 e. The molecule has 0 spiro atoms. The van der Waals surface area contributed by atoms with Crippen LogP contribution >= 0.6 is 0 Å². The van der Waals surface area contributed by atoms with Gasteiger partial charge in [-0.2, -0.15) is 0 Å². The van der Waals surface area contributed by atoms with Crippen LogP contribution < -0.4 is 10.6 Å². The van der Waals surface area contributed by atoms with Crippen molar-refractivity contribution in [2.75, 3.05) is 13.1 Å². The summed E-state index contributed by atoms with van der Waals surface area (Å²) in [5.41, 5.74) is 2.47. The van der Waals surface area contributed by atoms with Gasteiger partial charge in [0.1, 0.15) is 5.82 Å². The molecule has 1 aliphatic rings. The summed E-state index contributed by atoms with van der Waals surface area (Å²) in [7, 11) is 0. The fourth-order valence-electron chi connectivity index (χ4n) is 2.70. The van der Waals surface area contributed by atoms with E-state index in [0.29, 0.717) is 18.3 Å². The number of carbonyl (C=O) groups excluding carboxylic acids is 1. The first-order chi connectivity index (χ1) is 9.99. The van der Waals surface area contributed by atoms with Crippen LogP contribution in [0.3, 0.4) is 0 Å². The van der Waals surface area contributed by atoms with Crippen LogP contribution in [0, 0.1) is 5.92 Å². The van der Waals surface area contributed by atoms with Crippen molar-refractivity contribution in [2.45, 2.75) is 59.5 Å². The molecule has 0 bridgehead atoms. The Balaban J connectivity index is 2.04. The number of amides is 1. The SMILES string of the molecule is CC(C)CNC(=O)CCn1c(C(C)C)nc2c1CCNC2. The number of hydrogen-bond acceptors (Lipinski definition) is 3. The highest BCUT2D eigenvalue weighted by atomic mass is 16.1. The van der Waals surface area contributed by atoms with Crippen molar-refractivity contribution in [2.24, 2.45) is 5.92 Å². The second-order valence-corrected chi connectivity index (χ2v) is 6.54. The van der Waals surface area contributed by atoms with E-state index in [4.69, 9.17) is 4.98 Å². The molecule has 118 valence electrons. The molecule has 2 N–H and O–H groups in total. The molecule has 0 aliphatic carbocycles. The average molecular weight is 292 g/mol. The standard InChI is InChI=1S/C16H28N4O/c1-11(2)9-18-15(21)6-8-20-14-5-7-17-10-13(14)19-16(20)12(3)4/h11-12,17H,5-10H2,1-4H3,(H,18,21). The van der Waals surface area contributed by atoms with E-state index >= 15 is 0 Å². The number of rotatable bonds is 6. The molecular formula is C16H28N4O. The zero-order valence-electron chi connectivity index (χ0n) is 13.7. The minimum Gasteiger partial charge on any atom is -0.356 e. The van der Waals surface area contributed by atoms with Crippen LogP contribution in [0.5, 0.6) is 0 Å². The quantitative estimate of drug-likeness (QED) is 0.841. The van der Waals surface area contributed by atoms with Crippen LogP contribution in [0.2, 0.25) is 0 Å². The lowest BCUT2D eigenvalue weighted by atomic mass is 10.1. The van der Waals surface area contributed by atoms with Crippen molar-refractivity contribution >= 4 is 5.91 Å². The Hall–Kier alpha value is -1.36. The lowest BCUT2D eigenvalue weighted by Crippen LogP contribution is -2.29. The van der Waals surface area contributed by atoms with Gasteiger partial charge >= 0.3 is 0 Å². The van der Waals surface area contributed by atoms with Gasteiger partial charge in [0.2, 0.25) is 5.91 Å². The predicted octanol–water partition coefficient (Wildman–Crippen LogP) is 1.81. The van der Waals surface area contributed by atoms with Crippen LogP contribution in [-0.2, 0) is 24.3 Å². The molecule has 1 aromatic heterocycles. The maximum absolute atomic E-state index is 11.9. The molecular weight excluding hydrogens is 264 g/mol. The molecule has 0 radical (unpaired) electrons. The Morgan fingerprint density at radius 1 is 1.38 bits per heavy atom. The van der Waals surface area contributed by atoms with Gasteiger partial charge in [0.15, 0.2) is 0 Å². The van der Waals surface area contributed by atoms with Gasteiger partial charge in [0, 0.05) is 50.6 Å². The average Bonchev–Trinajstić information content (AvgIpc) is 2.82. The highest BCUT2D eigenvalue weighted by molar-refractivity contribution is 5.75. The largest absolute Gasteiger partial charge is 0.356 e. The first-order valence-electron chi connectivity index (χ1n) is 8.04. The monoisotopic (exact) mass is 292 g/mol. The van der Waals surface area contributed by atoms with Gasteiger partial charge in [-0.15, -0.1) is 0 Å². The number of aromatic nitrogens is 2. The Kier molecular flexibility index (Phi) is 5.39. The summed E-state index contributed by atoms with van der Waals surface area (Å²) < 4.78 is 2.27. The van der Waals surface area contributed by atoms with E-state index in [1.165, 1.54) is 5.69 Å². The summed E-state index contributed by atoms with van der Waals surface area (Å²) >= 11 is 0. The molecule has 0 unspecified atom stereocenters. The fraction of sp³-hybridized carbons (Fsp3) is 0.750. The zero-order chi connectivity index (χ0) is 15.4. The fourth-order valence-corrected chi connectivity index (χ4v) is 2.70. The molecule has 0 atom stereocenters. The molecule has 1 aromatic rings. The molecule has 2 heterocycles. The second-order valence-electron chi connectivity index (χ2n) is 6.54. The van der Waals surface area contributed by atoms with Gasteiger partial charge in [-0.25, -0.2) is 4.98 Å². The zero-order valence-corrected chi connectivity index (χ0v) is 13.7. The lowest BCUT2D eigenvalue weighted by molar-refractivity contribution is -0.121. The summed E-state index contributed by atoms with van der Waals surface area (Å²) in [6.45, 7) is 11.9. The first-order valence-corrected chi connectivity index (χ1v) is 8.04. The van der Waals surface area contributed by atoms with Crippen molar-refractivity contribution < 1.29 is 4.79 Å². The van der Waals surface area contributed by atoms with Crippen LogP contribution in [0.4, 0.5) is 0 Å². The van der Waals surface area contributed by atoms with E-state index in [2.05, 4.69) is 42.9 Å². The van der Waals surface area contributed by atoms with Crippen molar-refractivity contribution in [3.63, 3.8) is 0 Å². The topological polar surface area (TPSA) is 59.0 Å². The normalized spacial score (nSPS) is 14.6. The van der Waals surface area contributed by atoms with Crippen LogP contribution in [0.1, 0.15) is 57.2 Å². The van der Waals surface area contributed by atoms with E-state index in [-0.39, 0.29) is 5.91 Å². The van der Waals surface area contributed by atoms with Gasteiger partial charge < -0.3 is 15.2 Å². The molecule has 5 nitrogen and oxygen atoms in total. The molecule has 2 rings (SSSR count). The van der Waals surface area contributed by atoms with Crippen molar-refractivity contribution in [1.29, 1.82) is 0 Å². The van der Waals surface area contributed by atoms with Gasteiger partial charge in [-0.1, -0.05) is 27.7 Å². The number of nitrogens with one attached hydrogen (secondary N) is 2. The van der Waals surface area contributed by atoms with Gasteiger partial charge in [0.25, 0.3) is 0 Å². The third-order valence-electron chi connectivity index (χ3n) is 3.80. The molecule has 0 saturated carbocycles. The molecule has 0 fully saturated rings. The number of carbonyl (C=O) groups is 1. The Morgan fingerprint density at radius 2 is 2.14 bits per heavy atom. The first kappa shape index (κ1) is 16.0. The summed E-state index contributed by atoms with van der Waals surface area (Å²) in [5.74, 6) is 2.12. The third-order valence-corrected chi connectivity index (χ3v) is 3.80. The summed E-state index contributed by atoms with van der Waals surface area (Å²) in [6.07, 6.45) is 1.53. The van der Waals surface area contributed by atoms with Gasteiger partial charge in [-0.05, 0) is 5.92 Å². The number of hydrogen-bond donors (Lipinski definition) is 2. The molecule has 0 aromatic carbocycles. The molecule has 0 saturated heterocycles. The Labute approximate surface area is 127 Å². The minimum absolute atomic E-state index is 0.134. The van der Waals surface area contributed by atoms with E-state index in [0.717, 1.165) is 44.1 Å². The Bertz CT molecular complexity index is 491. The maximum atomic E-state index is 11.9. The summed E-state index contributed by atoms with van der Waals surface area (Å²) in [5, 5.41) is 6.35. The van der Waals surface area contributed by atoms with Crippen molar-refractivity contribution in [3.05, 3.63) is 17.2 Å². The summed E-state index contributed by atoms with van der Waals surface area (Å²) in [6, 6.07) is 0. The van der Waals surface area contributed by atoms with Crippen LogP contribution in [0.25, 0.3) is 0 Å². The van der Waals surface area contributed by atoms with E-state index in [1.807, 2.05) is 0 Å². The van der Waals surface area contributed by atoms with Crippen molar-refractivity contribution in [3.8, 4) is 0 Å². The highest BCUT2D eigenvalue weighted by Crippen LogP contribution is 2.22. The second kappa shape index (κ2) is 7.07. The Morgan fingerprint density at radius 3 is 2.81 bits per heavy atom. The van der Waals surface area contributed by atoms with E-state index in [1.54, 1.807) is 0 Å². The number of imidazole rings is 1. The van der Waals surface area contributed by atoms with Crippen molar-refractivity contribution in [1.82, 2.24) is 20.2 Å². The molecule has 21 heavy (non-hydrogen) atoms. The predicted molar refractivity (Wildman–Crippen MR) is 84.2 cm³/mol. The van der Waals surface area contributed by atoms with E-state index < -0.39 is 0 Å². The molecule has 1 aliphatic heterocycles. The van der Waals surface area contributed by atoms with Crippen LogP contribution in [0.15, 0.2) is 0 Å². The van der Waals surface area contributed by atoms with Gasteiger partial charge in [0.05, 0.1) is 5.69 Å². The lowest BCUT2D eigenvalue weighted by Gasteiger charge is -2.17. The molecule has 1 amide bonds. The van der Waals surface area contributed by atoms with Gasteiger partial charge in [-0.3, -0.25) is 4.79 Å².